The van der Waals surface area contributed by atoms with Gasteiger partial charge >= 0.3 is 5.97 Å². The lowest BCUT2D eigenvalue weighted by molar-refractivity contribution is -0.139. The summed E-state index contributed by atoms with van der Waals surface area (Å²) in [7, 11) is 0. The van der Waals surface area contributed by atoms with Crippen LogP contribution in [0.2, 0.25) is 0 Å². The molecule has 1 spiro atoms. The normalized spacial score (nSPS) is 19.5. The van der Waals surface area contributed by atoms with Crippen molar-refractivity contribution in [3.05, 3.63) is 48.0 Å². The summed E-state index contributed by atoms with van der Waals surface area (Å²) >= 11 is 0. The van der Waals surface area contributed by atoms with Crippen molar-refractivity contribution in [1.82, 2.24) is 4.90 Å². The Hall–Kier alpha value is -2.33. The minimum absolute atomic E-state index is 0.112. The van der Waals surface area contributed by atoms with Crippen molar-refractivity contribution in [2.24, 2.45) is 0 Å². The predicted molar refractivity (Wildman–Crippen MR) is 89.7 cm³/mol. The first-order chi connectivity index (χ1) is 11.2. The standard InChI is InChI=1S/C19H19NO3/c21-18(22)13-20-11-9-19(10-12-20)8-7-16-15-4-2-1-3-14(15)5-6-17(16)23-19/h1-8H,9-13H2,(H,21,22). The van der Waals surface area contributed by atoms with Crippen LogP contribution in [0.3, 0.4) is 0 Å². The van der Waals surface area contributed by atoms with Crippen LogP contribution in [0.1, 0.15) is 18.4 Å². The molecule has 0 saturated carbocycles. The topological polar surface area (TPSA) is 49.8 Å². The zero-order chi connectivity index (χ0) is 15.9. The molecule has 0 unspecified atom stereocenters. The van der Waals surface area contributed by atoms with Gasteiger partial charge in [0, 0.05) is 31.5 Å². The zero-order valence-corrected chi connectivity index (χ0v) is 12.9. The highest BCUT2D eigenvalue weighted by Gasteiger charge is 2.37. The molecule has 4 heteroatoms. The molecule has 0 bridgehead atoms. The summed E-state index contributed by atoms with van der Waals surface area (Å²) in [5.74, 6) is 0.163. The molecule has 2 aromatic carbocycles. The maximum Gasteiger partial charge on any atom is 0.317 e. The van der Waals surface area contributed by atoms with Crippen LogP contribution in [0.5, 0.6) is 5.75 Å². The summed E-state index contributed by atoms with van der Waals surface area (Å²) in [6, 6.07) is 12.5. The van der Waals surface area contributed by atoms with E-state index in [0.717, 1.165) is 37.2 Å². The maximum atomic E-state index is 10.8. The second kappa shape index (κ2) is 5.39. The highest BCUT2D eigenvalue weighted by atomic mass is 16.5. The van der Waals surface area contributed by atoms with Crippen LogP contribution in [-0.2, 0) is 4.79 Å². The quantitative estimate of drug-likeness (QED) is 0.926. The van der Waals surface area contributed by atoms with Crippen LogP contribution in [-0.4, -0.2) is 41.2 Å². The highest BCUT2D eigenvalue weighted by molar-refractivity contribution is 5.93. The third-order valence-electron chi connectivity index (χ3n) is 4.86. The number of nitrogens with zero attached hydrogens (tertiary/aromatic N) is 1. The lowest BCUT2D eigenvalue weighted by Crippen LogP contribution is -2.48. The first kappa shape index (κ1) is 14.3. The van der Waals surface area contributed by atoms with E-state index in [1.807, 2.05) is 23.1 Å². The average Bonchev–Trinajstić information content (AvgIpc) is 2.56. The Morgan fingerprint density at radius 1 is 1.17 bits per heavy atom. The smallest absolute Gasteiger partial charge is 0.317 e. The van der Waals surface area contributed by atoms with Crippen molar-refractivity contribution in [2.45, 2.75) is 18.4 Å². The fraction of sp³-hybridized carbons (Fsp3) is 0.316. The number of aliphatic carboxylic acids is 1. The fourth-order valence-electron chi connectivity index (χ4n) is 3.57. The number of fused-ring (bicyclic) bond motifs is 3. The Balaban J connectivity index is 1.59. The van der Waals surface area contributed by atoms with E-state index in [4.69, 9.17) is 9.84 Å². The number of rotatable bonds is 2. The van der Waals surface area contributed by atoms with Gasteiger partial charge in [-0.25, -0.2) is 0 Å². The number of carbonyl (C=O) groups is 1. The minimum atomic E-state index is -0.766. The number of carboxylic acids is 1. The van der Waals surface area contributed by atoms with Crippen molar-refractivity contribution in [3.63, 3.8) is 0 Å². The maximum absolute atomic E-state index is 10.8. The van der Waals surface area contributed by atoms with Gasteiger partial charge in [-0.1, -0.05) is 36.4 Å². The van der Waals surface area contributed by atoms with Gasteiger partial charge in [-0.3, -0.25) is 9.69 Å². The monoisotopic (exact) mass is 309 g/mol. The average molecular weight is 309 g/mol. The number of ether oxygens (including phenoxy) is 1. The predicted octanol–water partition coefficient (Wildman–Crippen LogP) is 3.16. The molecule has 2 heterocycles. The van der Waals surface area contributed by atoms with Crippen molar-refractivity contribution >= 4 is 22.8 Å². The zero-order valence-electron chi connectivity index (χ0n) is 12.9. The van der Waals surface area contributed by atoms with E-state index in [9.17, 15) is 4.79 Å². The van der Waals surface area contributed by atoms with Gasteiger partial charge in [0.05, 0.1) is 6.54 Å². The molecule has 0 amide bonds. The van der Waals surface area contributed by atoms with Crippen LogP contribution < -0.4 is 4.74 Å². The molecule has 118 valence electrons. The summed E-state index contributed by atoms with van der Waals surface area (Å²) in [5.41, 5.74) is 0.853. The molecule has 0 radical (unpaired) electrons. The number of benzene rings is 2. The summed E-state index contributed by atoms with van der Waals surface area (Å²) in [6.45, 7) is 1.61. The molecule has 1 N–H and O–H groups in total. The molecule has 23 heavy (non-hydrogen) atoms. The van der Waals surface area contributed by atoms with Crippen molar-refractivity contribution in [3.8, 4) is 5.75 Å². The molecule has 0 aliphatic carbocycles. The van der Waals surface area contributed by atoms with E-state index in [0.29, 0.717) is 0 Å². The van der Waals surface area contributed by atoms with Crippen LogP contribution in [0.25, 0.3) is 16.8 Å². The highest BCUT2D eigenvalue weighted by Crippen LogP contribution is 2.39. The number of piperidine rings is 1. The number of likely N-dealkylation sites (tertiary alicyclic amines) is 1. The summed E-state index contributed by atoms with van der Waals surface area (Å²) < 4.78 is 6.36. The van der Waals surface area contributed by atoms with E-state index in [1.165, 1.54) is 10.8 Å². The first-order valence-corrected chi connectivity index (χ1v) is 7.99. The number of hydrogen-bond donors (Lipinski definition) is 1. The van der Waals surface area contributed by atoms with E-state index >= 15 is 0 Å². The molecule has 4 nitrogen and oxygen atoms in total. The van der Waals surface area contributed by atoms with Gasteiger partial charge in [0.1, 0.15) is 11.4 Å². The number of hydrogen-bond acceptors (Lipinski definition) is 3. The first-order valence-electron chi connectivity index (χ1n) is 7.99. The van der Waals surface area contributed by atoms with E-state index < -0.39 is 5.97 Å². The van der Waals surface area contributed by atoms with Gasteiger partial charge in [0.15, 0.2) is 0 Å². The molecular formula is C19H19NO3. The van der Waals surface area contributed by atoms with E-state index in [-0.39, 0.29) is 12.1 Å². The molecule has 2 aromatic rings. The lowest BCUT2D eigenvalue weighted by atomic mass is 9.87. The molecule has 4 rings (SSSR count). The summed E-state index contributed by atoms with van der Waals surface area (Å²) in [4.78, 5) is 12.8. The Bertz CT molecular complexity index is 788. The third kappa shape index (κ3) is 2.59. The molecule has 1 fully saturated rings. The van der Waals surface area contributed by atoms with Crippen LogP contribution in [0, 0.1) is 0 Å². The van der Waals surface area contributed by atoms with Gasteiger partial charge in [-0.15, -0.1) is 0 Å². The SMILES string of the molecule is O=C(O)CN1CCC2(C=Cc3c(ccc4ccccc34)O2)CC1. The van der Waals surface area contributed by atoms with Gasteiger partial charge in [-0.05, 0) is 22.9 Å². The third-order valence-corrected chi connectivity index (χ3v) is 4.86. The van der Waals surface area contributed by atoms with Crippen molar-refractivity contribution < 1.29 is 14.6 Å². The van der Waals surface area contributed by atoms with Gasteiger partial charge < -0.3 is 9.84 Å². The van der Waals surface area contributed by atoms with Crippen LogP contribution >= 0.6 is 0 Å². The molecular weight excluding hydrogens is 290 g/mol. The second-order valence-electron chi connectivity index (χ2n) is 6.37. The molecule has 0 atom stereocenters. The van der Waals surface area contributed by atoms with Crippen molar-refractivity contribution in [1.29, 1.82) is 0 Å². The largest absolute Gasteiger partial charge is 0.482 e. The Kier molecular flexibility index (Phi) is 3.34. The molecule has 2 aliphatic rings. The van der Waals surface area contributed by atoms with E-state index in [2.05, 4.69) is 30.4 Å². The summed E-state index contributed by atoms with van der Waals surface area (Å²) in [6.07, 6.45) is 5.99. The van der Waals surface area contributed by atoms with Crippen molar-refractivity contribution in [2.75, 3.05) is 19.6 Å². The Morgan fingerprint density at radius 2 is 1.96 bits per heavy atom. The number of carboxylic acid groups (broad SMARTS) is 1. The van der Waals surface area contributed by atoms with Crippen LogP contribution in [0.15, 0.2) is 42.5 Å². The van der Waals surface area contributed by atoms with Gasteiger partial charge in [-0.2, -0.15) is 0 Å². The van der Waals surface area contributed by atoms with Gasteiger partial charge in [0.25, 0.3) is 0 Å². The lowest BCUT2D eigenvalue weighted by Gasteiger charge is -2.41. The summed E-state index contributed by atoms with van der Waals surface area (Å²) in [5, 5.41) is 11.3. The fourth-order valence-corrected chi connectivity index (χ4v) is 3.57. The van der Waals surface area contributed by atoms with Gasteiger partial charge in [0.2, 0.25) is 0 Å². The van der Waals surface area contributed by atoms with E-state index in [1.54, 1.807) is 0 Å². The molecule has 0 aromatic heterocycles. The Labute approximate surface area is 135 Å². The Morgan fingerprint density at radius 3 is 2.74 bits per heavy atom. The molecule has 1 saturated heterocycles. The molecule has 2 aliphatic heterocycles. The minimum Gasteiger partial charge on any atom is -0.482 e. The second-order valence-corrected chi connectivity index (χ2v) is 6.37. The van der Waals surface area contributed by atoms with Crippen LogP contribution in [0.4, 0.5) is 0 Å².